The molecule has 0 aromatic rings. The fraction of sp³-hybridized carbons (Fsp3) is 0.950. The number of hydrogen-bond donors (Lipinski definition) is 2. The van der Waals surface area contributed by atoms with E-state index < -0.39 is 0 Å². The number of ether oxygens (including phenoxy) is 1. The smallest absolute Gasteiger partial charge is 0.190 e. The average molecular weight is 353 g/mol. The third kappa shape index (κ3) is 7.14. The maximum Gasteiger partial charge on any atom is 0.190 e. The van der Waals surface area contributed by atoms with Gasteiger partial charge in [-0.3, -0.25) is 4.99 Å². The zero-order chi connectivity index (χ0) is 18.0. The molecule has 2 rings (SSSR count). The predicted molar refractivity (Wildman–Crippen MR) is 106 cm³/mol. The van der Waals surface area contributed by atoms with Crippen molar-refractivity contribution in [1.82, 2.24) is 15.5 Å². The van der Waals surface area contributed by atoms with Gasteiger partial charge in [0.2, 0.25) is 0 Å². The lowest BCUT2D eigenvalue weighted by Gasteiger charge is -2.31. The van der Waals surface area contributed by atoms with Crippen LogP contribution in [-0.2, 0) is 4.74 Å². The van der Waals surface area contributed by atoms with E-state index in [9.17, 15) is 0 Å². The first-order valence-electron chi connectivity index (χ1n) is 10.3. The zero-order valence-electron chi connectivity index (χ0n) is 16.8. The van der Waals surface area contributed by atoms with Crippen molar-refractivity contribution in [3.63, 3.8) is 0 Å². The van der Waals surface area contributed by atoms with E-state index in [1.807, 2.05) is 7.05 Å². The van der Waals surface area contributed by atoms with Crippen LogP contribution in [0.3, 0.4) is 0 Å². The van der Waals surface area contributed by atoms with E-state index in [1.165, 1.54) is 64.6 Å². The van der Waals surface area contributed by atoms with Gasteiger partial charge in [0.05, 0.1) is 0 Å². The molecule has 0 bridgehead atoms. The van der Waals surface area contributed by atoms with Crippen LogP contribution in [0, 0.1) is 11.3 Å². The van der Waals surface area contributed by atoms with Crippen molar-refractivity contribution in [1.29, 1.82) is 0 Å². The number of nitrogens with one attached hydrogen (secondary N) is 2. The van der Waals surface area contributed by atoms with E-state index in [2.05, 4.69) is 27.4 Å². The van der Waals surface area contributed by atoms with Gasteiger partial charge in [-0.15, -0.1) is 0 Å². The summed E-state index contributed by atoms with van der Waals surface area (Å²) in [4.78, 5) is 7.01. The van der Waals surface area contributed by atoms with Gasteiger partial charge >= 0.3 is 0 Å². The molecule has 1 saturated heterocycles. The molecule has 1 heterocycles. The maximum absolute atomic E-state index is 5.33. The largest absolute Gasteiger partial charge is 0.385 e. The van der Waals surface area contributed by atoms with Gasteiger partial charge in [-0.25, -0.2) is 0 Å². The molecular formula is C20H40N4O. The minimum absolute atomic E-state index is 0.401. The zero-order valence-corrected chi connectivity index (χ0v) is 16.8. The first-order chi connectivity index (χ1) is 12.2. The van der Waals surface area contributed by atoms with Gasteiger partial charge in [0.25, 0.3) is 0 Å². The van der Waals surface area contributed by atoms with Crippen molar-refractivity contribution < 1.29 is 4.74 Å². The molecule has 146 valence electrons. The molecule has 2 fully saturated rings. The third-order valence-corrected chi connectivity index (χ3v) is 6.17. The highest BCUT2D eigenvalue weighted by Gasteiger charge is 2.33. The number of aliphatic imine (C=N–C) groups is 1. The van der Waals surface area contributed by atoms with Crippen LogP contribution in [0.15, 0.2) is 4.99 Å². The monoisotopic (exact) mass is 352 g/mol. The molecule has 2 aliphatic rings. The lowest BCUT2D eigenvalue weighted by atomic mass is 9.83. The molecule has 5 heteroatoms. The number of methoxy groups -OCH3 is 1. The predicted octanol–water partition coefficient (Wildman–Crippen LogP) is 2.87. The number of hydrogen-bond acceptors (Lipinski definition) is 3. The molecule has 25 heavy (non-hydrogen) atoms. The summed E-state index contributed by atoms with van der Waals surface area (Å²) in [6, 6.07) is 0. The Kier molecular flexibility index (Phi) is 9.04. The van der Waals surface area contributed by atoms with Crippen LogP contribution < -0.4 is 10.6 Å². The minimum atomic E-state index is 0.401. The van der Waals surface area contributed by atoms with Crippen LogP contribution in [0.4, 0.5) is 0 Å². The molecule has 0 amide bonds. The Balaban J connectivity index is 1.63. The van der Waals surface area contributed by atoms with Gasteiger partial charge in [0.15, 0.2) is 5.96 Å². The standard InChI is InChI=1S/C20H40N4O/c1-18-7-14-24(15-8-18)13-6-12-22-19(21-2)23-17-20(11-16-25-3)9-4-5-10-20/h18H,4-17H2,1-3H3,(H2,21,22,23). The molecule has 0 unspecified atom stereocenters. The van der Waals surface area contributed by atoms with Crippen LogP contribution in [0.25, 0.3) is 0 Å². The lowest BCUT2D eigenvalue weighted by molar-refractivity contribution is 0.138. The Morgan fingerprint density at radius 2 is 1.92 bits per heavy atom. The first kappa shape index (κ1) is 20.5. The summed E-state index contributed by atoms with van der Waals surface area (Å²) >= 11 is 0. The molecule has 0 radical (unpaired) electrons. The first-order valence-corrected chi connectivity index (χ1v) is 10.3. The Hall–Kier alpha value is -0.810. The molecule has 0 spiro atoms. The van der Waals surface area contributed by atoms with Crippen molar-refractivity contribution in [2.24, 2.45) is 16.3 Å². The minimum Gasteiger partial charge on any atom is -0.385 e. The number of likely N-dealkylation sites (tertiary alicyclic amines) is 1. The number of rotatable bonds is 9. The molecule has 2 N–H and O–H groups in total. The molecule has 0 aromatic heterocycles. The van der Waals surface area contributed by atoms with E-state index in [4.69, 9.17) is 4.74 Å². The Labute approximate surface area is 155 Å². The topological polar surface area (TPSA) is 48.9 Å². The van der Waals surface area contributed by atoms with Gasteiger partial charge in [-0.1, -0.05) is 19.8 Å². The van der Waals surface area contributed by atoms with Crippen LogP contribution in [0.5, 0.6) is 0 Å². The molecular weight excluding hydrogens is 312 g/mol. The van der Waals surface area contributed by atoms with Crippen LogP contribution in [0.1, 0.15) is 58.3 Å². The summed E-state index contributed by atoms with van der Waals surface area (Å²) in [5.74, 6) is 1.87. The second-order valence-corrected chi connectivity index (χ2v) is 8.18. The van der Waals surface area contributed by atoms with Gasteiger partial charge < -0.3 is 20.3 Å². The van der Waals surface area contributed by atoms with Crippen LogP contribution >= 0.6 is 0 Å². The highest BCUT2D eigenvalue weighted by molar-refractivity contribution is 5.79. The van der Waals surface area contributed by atoms with Crippen molar-refractivity contribution >= 4 is 5.96 Å². The summed E-state index contributed by atoms with van der Waals surface area (Å²) in [5, 5.41) is 7.07. The molecule has 1 aliphatic carbocycles. The van der Waals surface area contributed by atoms with Gasteiger partial charge in [0.1, 0.15) is 0 Å². The van der Waals surface area contributed by atoms with E-state index in [1.54, 1.807) is 7.11 Å². The normalized spacial score (nSPS) is 22.3. The molecule has 0 atom stereocenters. The average Bonchev–Trinajstić information content (AvgIpc) is 3.10. The van der Waals surface area contributed by atoms with E-state index >= 15 is 0 Å². The SMILES string of the molecule is CN=C(NCCCN1CCC(C)CC1)NCC1(CCOC)CCCC1. The van der Waals surface area contributed by atoms with E-state index in [-0.39, 0.29) is 0 Å². The fourth-order valence-corrected chi connectivity index (χ4v) is 4.25. The fourth-order valence-electron chi connectivity index (χ4n) is 4.25. The molecule has 0 aromatic carbocycles. The van der Waals surface area contributed by atoms with Crippen molar-refractivity contribution in [3.8, 4) is 0 Å². The summed E-state index contributed by atoms with van der Waals surface area (Å²) in [7, 11) is 3.68. The Bertz CT molecular complexity index is 385. The van der Waals surface area contributed by atoms with E-state index in [0.717, 1.165) is 38.0 Å². The molecule has 5 nitrogen and oxygen atoms in total. The van der Waals surface area contributed by atoms with Crippen molar-refractivity contribution in [3.05, 3.63) is 0 Å². The lowest BCUT2D eigenvalue weighted by Crippen LogP contribution is -2.44. The summed E-state index contributed by atoms with van der Waals surface area (Å²) in [6.45, 7) is 9.00. The Morgan fingerprint density at radius 1 is 1.20 bits per heavy atom. The third-order valence-electron chi connectivity index (χ3n) is 6.17. The summed E-state index contributed by atoms with van der Waals surface area (Å²) < 4.78 is 5.33. The van der Waals surface area contributed by atoms with Crippen LogP contribution in [-0.4, -0.2) is 64.3 Å². The van der Waals surface area contributed by atoms with Gasteiger partial charge in [-0.2, -0.15) is 0 Å². The number of nitrogens with zero attached hydrogens (tertiary/aromatic N) is 2. The maximum atomic E-state index is 5.33. The van der Waals surface area contributed by atoms with Crippen molar-refractivity contribution in [2.45, 2.75) is 58.3 Å². The number of piperidine rings is 1. The van der Waals surface area contributed by atoms with Gasteiger partial charge in [0, 0.05) is 33.9 Å². The van der Waals surface area contributed by atoms with Crippen molar-refractivity contribution in [2.75, 3.05) is 53.5 Å². The van der Waals surface area contributed by atoms with Gasteiger partial charge in [-0.05, 0) is 69.5 Å². The second kappa shape index (κ2) is 11.0. The quantitative estimate of drug-likeness (QED) is 0.381. The summed E-state index contributed by atoms with van der Waals surface area (Å²) in [6.07, 6.45) is 10.4. The van der Waals surface area contributed by atoms with E-state index in [0.29, 0.717) is 5.41 Å². The second-order valence-electron chi connectivity index (χ2n) is 8.18. The Morgan fingerprint density at radius 3 is 2.56 bits per heavy atom. The van der Waals surface area contributed by atoms with Crippen LogP contribution in [0.2, 0.25) is 0 Å². The number of guanidine groups is 1. The summed E-state index contributed by atoms with van der Waals surface area (Å²) in [5.41, 5.74) is 0.401. The highest BCUT2D eigenvalue weighted by atomic mass is 16.5. The highest BCUT2D eigenvalue weighted by Crippen LogP contribution is 2.40. The molecule has 1 saturated carbocycles. The molecule has 1 aliphatic heterocycles.